The van der Waals surface area contributed by atoms with Crippen molar-refractivity contribution in [3.63, 3.8) is 0 Å². The van der Waals surface area contributed by atoms with Crippen molar-refractivity contribution in [3.8, 4) is 0 Å². The number of rotatable bonds is 6. The number of hydrogen-bond donors (Lipinski definition) is 0. The van der Waals surface area contributed by atoms with Crippen molar-refractivity contribution < 1.29 is 4.79 Å². The van der Waals surface area contributed by atoms with Gasteiger partial charge in [0.2, 0.25) is 0 Å². The van der Waals surface area contributed by atoms with Gasteiger partial charge in [-0.15, -0.1) is 0 Å². The molecule has 2 aromatic rings. The van der Waals surface area contributed by atoms with Gasteiger partial charge in [0.25, 0.3) is 5.91 Å². The van der Waals surface area contributed by atoms with Gasteiger partial charge in [-0.1, -0.05) is 30.3 Å². The molecule has 3 rings (SSSR count). The van der Waals surface area contributed by atoms with Crippen LogP contribution in [0.1, 0.15) is 35.3 Å². The van der Waals surface area contributed by atoms with Crippen LogP contribution >= 0.6 is 0 Å². The van der Waals surface area contributed by atoms with E-state index in [1.54, 1.807) is 18.6 Å². The van der Waals surface area contributed by atoms with Crippen LogP contribution in [0.15, 0.2) is 48.9 Å². The second-order valence-electron chi connectivity index (χ2n) is 6.69. The summed E-state index contributed by atoms with van der Waals surface area (Å²) in [7, 11) is 1.88. The Morgan fingerprint density at radius 2 is 2.12 bits per heavy atom. The lowest BCUT2D eigenvalue weighted by atomic mass is 10.0. The van der Waals surface area contributed by atoms with Gasteiger partial charge in [0.15, 0.2) is 0 Å². The molecule has 1 aliphatic heterocycles. The molecule has 5 heteroatoms. The third-order valence-corrected chi connectivity index (χ3v) is 4.91. The second kappa shape index (κ2) is 8.72. The number of benzene rings is 1. The average molecular weight is 338 g/mol. The van der Waals surface area contributed by atoms with Gasteiger partial charge in [0.05, 0.1) is 6.20 Å². The zero-order valence-corrected chi connectivity index (χ0v) is 14.8. The minimum atomic E-state index is -0.0377. The maximum Gasteiger partial charge on any atom is 0.274 e. The van der Waals surface area contributed by atoms with Crippen LogP contribution in [-0.4, -0.2) is 58.4 Å². The van der Waals surface area contributed by atoms with E-state index in [9.17, 15) is 4.79 Å². The summed E-state index contributed by atoms with van der Waals surface area (Å²) < 4.78 is 0. The lowest BCUT2D eigenvalue weighted by Crippen LogP contribution is -2.48. The smallest absolute Gasteiger partial charge is 0.274 e. The molecule has 0 aliphatic carbocycles. The molecule has 1 aliphatic rings. The summed E-state index contributed by atoms with van der Waals surface area (Å²) in [5.74, 6) is -0.0377. The molecule has 25 heavy (non-hydrogen) atoms. The number of likely N-dealkylation sites (N-methyl/N-ethyl adjacent to an activating group) is 1. The number of amides is 1. The highest BCUT2D eigenvalue weighted by Gasteiger charge is 2.27. The highest BCUT2D eigenvalue weighted by molar-refractivity contribution is 5.92. The summed E-state index contributed by atoms with van der Waals surface area (Å²) >= 11 is 0. The molecule has 0 bridgehead atoms. The molecule has 0 radical (unpaired) electrons. The first-order chi connectivity index (χ1) is 12.2. The number of likely N-dealkylation sites (tertiary alicyclic amines) is 1. The molecule has 1 fully saturated rings. The summed E-state index contributed by atoms with van der Waals surface area (Å²) in [4.78, 5) is 25.0. The molecule has 1 saturated heterocycles. The van der Waals surface area contributed by atoms with Crippen LogP contribution < -0.4 is 0 Å². The highest BCUT2D eigenvalue weighted by atomic mass is 16.2. The van der Waals surface area contributed by atoms with E-state index in [0.717, 1.165) is 45.3 Å². The maximum absolute atomic E-state index is 12.6. The Labute approximate surface area is 149 Å². The van der Waals surface area contributed by atoms with Gasteiger partial charge in [-0.05, 0) is 44.3 Å². The van der Waals surface area contributed by atoms with Gasteiger partial charge in [0, 0.05) is 32.0 Å². The first kappa shape index (κ1) is 17.5. The normalized spacial score (nSPS) is 18.0. The summed E-state index contributed by atoms with van der Waals surface area (Å²) in [5, 5.41) is 0. The molecule has 1 unspecified atom stereocenters. The van der Waals surface area contributed by atoms with Crippen LogP contribution in [0.3, 0.4) is 0 Å². The van der Waals surface area contributed by atoms with E-state index in [2.05, 4.69) is 45.2 Å². The number of piperidine rings is 1. The lowest BCUT2D eigenvalue weighted by Gasteiger charge is -2.37. The third kappa shape index (κ3) is 4.86. The van der Waals surface area contributed by atoms with Crippen molar-refractivity contribution in [2.24, 2.45) is 0 Å². The molecule has 1 atom stereocenters. The molecular formula is C20H26N4O. The Balaban J connectivity index is 1.49. The summed E-state index contributed by atoms with van der Waals surface area (Å²) in [6.07, 6.45) is 9.14. The topological polar surface area (TPSA) is 49.3 Å². The Bertz CT molecular complexity index is 662. The minimum absolute atomic E-state index is 0.0377. The molecule has 0 N–H and O–H groups in total. The van der Waals surface area contributed by atoms with E-state index in [1.165, 1.54) is 5.56 Å². The SMILES string of the molecule is CN(C(=O)c1cnccn1)C1CCCN(CCCc2ccccc2)C1. The quantitative estimate of drug-likeness (QED) is 0.812. The van der Waals surface area contributed by atoms with Gasteiger partial charge >= 0.3 is 0 Å². The van der Waals surface area contributed by atoms with Crippen molar-refractivity contribution in [3.05, 3.63) is 60.2 Å². The van der Waals surface area contributed by atoms with Crippen LogP contribution in [0, 0.1) is 0 Å². The lowest BCUT2D eigenvalue weighted by molar-refractivity contribution is 0.0611. The minimum Gasteiger partial charge on any atom is -0.336 e. The molecule has 1 aromatic heterocycles. The Morgan fingerprint density at radius 3 is 2.88 bits per heavy atom. The van der Waals surface area contributed by atoms with E-state index < -0.39 is 0 Å². The van der Waals surface area contributed by atoms with Crippen LogP contribution in [0.5, 0.6) is 0 Å². The molecule has 1 aromatic carbocycles. The van der Waals surface area contributed by atoms with Crippen LogP contribution in [0.2, 0.25) is 0 Å². The first-order valence-electron chi connectivity index (χ1n) is 9.03. The van der Waals surface area contributed by atoms with Gasteiger partial charge in [-0.2, -0.15) is 0 Å². The average Bonchev–Trinajstić information content (AvgIpc) is 2.68. The van der Waals surface area contributed by atoms with Crippen molar-refractivity contribution >= 4 is 5.91 Å². The Kier molecular flexibility index (Phi) is 6.12. The maximum atomic E-state index is 12.6. The number of hydrogen-bond acceptors (Lipinski definition) is 4. The highest BCUT2D eigenvalue weighted by Crippen LogP contribution is 2.17. The zero-order chi connectivity index (χ0) is 17.5. The van der Waals surface area contributed by atoms with E-state index >= 15 is 0 Å². The molecule has 1 amide bonds. The molecule has 0 saturated carbocycles. The molecule has 5 nitrogen and oxygen atoms in total. The molecule has 0 spiro atoms. The van der Waals surface area contributed by atoms with E-state index in [4.69, 9.17) is 0 Å². The predicted octanol–water partition coefficient (Wildman–Crippen LogP) is 2.65. The second-order valence-corrected chi connectivity index (χ2v) is 6.69. The number of aromatic nitrogens is 2. The molecule has 2 heterocycles. The van der Waals surface area contributed by atoms with Gasteiger partial charge < -0.3 is 9.80 Å². The zero-order valence-electron chi connectivity index (χ0n) is 14.8. The fourth-order valence-electron chi connectivity index (χ4n) is 3.46. The number of nitrogens with zero attached hydrogens (tertiary/aromatic N) is 4. The van der Waals surface area contributed by atoms with E-state index in [0.29, 0.717) is 5.69 Å². The van der Waals surface area contributed by atoms with Crippen molar-refractivity contribution in [2.45, 2.75) is 31.7 Å². The largest absolute Gasteiger partial charge is 0.336 e. The molecule has 132 valence electrons. The number of carbonyl (C=O) groups excluding carboxylic acids is 1. The summed E-state index contributed by atoms with van der Waals surface area (Å²) in [6, 6.07) is 10.9. The van der Waals surface area contributed by atoms with Crippen molar-refractivity contribution in [2.75, 3.05) is 26.7 Å². The standard InChI is InChI=1S/C20H26N4O/c1-23(20(25)19-15-21-11-12-22-19)18-10-6-14-24(16-18)13-5-9-17-7-3-2-4-8-17/h2-4,7-8,11-12,15,18H,5-6,9-10,13-14,16H2,1H3. The Morgan fingerprint density at radius 1 is 1.28 bits per heavy atom. The van der Waals surface area contributed by atoms with Gasteiger partial charge in [0.1, 0.15) is 5.69 Å². The van der Waals surface area contributed by atoms with Crippen molar-refractivity contribution in [1.82, 2.24) is 19.8 Å². The van der Waals surface area contributed by atoms with E-state index in [-0.39, 0.29) is 11.9 Å². The van der Waals surface area contributed by atoms with Crippen LogP contribution in [0.4, 0.5) is 0 Å². The number of aryl methyl sites for hydroxylation is 1. The summed E-state index contributed by atoms with van der Waals surface area (Å²) in [6.45, 7) is 3.15. The van der Waals surface area contributed by atoms with Gasteiger partial charge in [-0.25, -0.2) is 4.98 Å². The van der Waals surface area contributed by atoms with Gasteiger partial charge in [-0.3, -0.25) is 9.78 Å². The fourth-order valence-corrected chi connectivity index (χ4v) is 3.46. The van der Waals surface area contributed by atoms with Crippen LogP contribution in [0.25, 0.3) is 0 Å². The molecular weight excluding hydrogens is 312 g/mol. The van der Waals surface area contributed by atoms with Crippen LogP contribution in [-0.2, 0) is 6.42 Å². The Hall–Kier alpha value is -2.27. The summed E-state index contributed by atoms with van der Waals surface area (Å²) in [5.41, 5.74) is 1.82. The van der Waals surface area contributed by atoms with Crippen molar-refractivity contribution in [1.29, 1.82) is 0 Å². The number of carbonyl (C=O) groups is 1. The predicted molar refractivity (Wildman–Crippen MR) is 98.4 cm³/mol. The first-order valence-corrected chi connectivity index (χ1v) is 9.03. The third-order valence-electron chi connectivity index (χ3n) is 4.91. The van der Waals surface area contributed by atoms with E-state index in [1.807, 2.05) is 11.9 Å². The fraction of sp³-hybridized carbons (Fsp3) is 0.450. The monoisotopic (exact) mass is 338 g/mol.